The molecule has 5 nitrogen and oxygen atoms in total. The maximum atomic E-state index is 13.5. The zero-order valence-electron chi connectivity index (χ0n) is 17.1. The van der Waals surface area contributed by atoms with Crippen molar-refractivity contribution < 1.29 is 27.5 Å². The molecule has 0 N–H and O–H groups in total. The van der Waals surface area contributed by atoms with Crippen LogP contribution in [0.1, 0.15) is 30.9 Å². The number of carbonyl (C=O) groups is 2. The van der Waals surface area contributed by atoms with E-state index in [1.54, 1.807) is 0 Å². The number of ether oxygens (including phenoxy) is 1. The third kappa shape index (κ3) is 2.81. The first-order valence-electron chi connectivity index (χ1n) is 10.3. The van der Waals surface area contributed by atoms with Crippen LogP contribution in [0.25, 0.3) is 4.85 Å². The van der Waals surface area contributed by atoms with Gasteiger partial charge in [0.05, 0.1) is 35.2 Å². The van der Waals surface area contributed by atoms with Gasteiger partial charge in [-0.3, -0.25) is 9.59 Å². The Kier molecular flexibility index (Phi) is 4.31. The van der Waals surface area contributed by atoms with Gasteiger partial charge < -0.3 is 4.74 Å². The molecule has 8 heteroatoms. The van der Waals surface area contributed by atoms with Gasteiger partial charge >= 0.3 is 6.18 Å². The Morgan fingerprint density at radius 1 is 1.09 bits per heavy atom. The molecule has 3 heterocycles. The third-order valence-electron chi connectivity index (χ3n) is 7.02. The second kappa shape index (κ2) is 6.66. The van der Waals surface area contributed by atoms with E-state index in [1.165, 1.54) is 6.07 Å². The highest BCUT2D eigenvalue weighted by atomic mass is 19.4. The Morgan fingerprint density at radius 2 is 1.78 bits per heavy atom. The van der Waals surface area contributed by atoms with Crippen LogP contribution in [0.15, 0.2) is 48.5 Å². The molecule has 2 unspecified atom stereocenters. The van der Waals surface area contributed by atoms with Gasteiger partial charge in [0.2, 0.25) is 11.8 Å². The fourth-order valence-corrected chi connectivity index (χ4v) is 5.70. The molecule has 164 valence electrons. The average Bonchev–Trinajstić information content (AvgIpc) is 3.32. The molecule has 4 atom stereocenters. The molecular weight excluding hydrogens is 421 g/mol. The summed E-state index contributed by atoms with van der Waals surface area (Å²) >= 11 is 0. The Morgan fingerprint density at radius 3 is 2.44 bits per heavy atom. The van der Waals surface area contributed by atoms with Crippen LogP contribution >= 0.6 is 0 Å². The molecule has 0 spiro atoms. The fourth-order valence-electron chi connectivity index (χ4n) is 5.70. The van der Waals surface area contributed by atoms with Crippen LogP contribution in [-0.4, -0.2) is 23.0 Å². The molecule has 5 rings (SSSR count). The lowest BCUT2D eigenvalue weighted by Gasteiger charge is -2.31. The van der Waals surface area contributed by atoms with Crippen LogP contribution in [0.3, 0.4) is 0 Å². The van der Waals surface area contributed by atoms with Crippen molar-refractivity contribution in [2.45, 2.75) is 43.6 Å². The van der Waals surface area contributed by atoms with Crippen molar-refractivity contribution in [3.05, 3.63) is 71.1 Å². The molecule has 0 aliphatic carbocycles. The normalized spacial score (nSPS) is 31.2. The second-order valence-electron chi connectivity index (χ2n) is 8.92. The number of halogens is 3. The van der Waals surface area contributed by atoms with E-state index in [9.17, 15) is 22.8 Å². The molecule has 0 aromatic heterocycles. The first kappa shape index (κ1) is 20.7. The first-order chi connectivity index (χ1) is 15.1. The van der Waals surface area contributed by atoms with Crippen molar-refractivity contribution in [3.63, 3.8) is 0 Å². The summed E-state index contributed by atoms with van der Waals surface area (Å²) in [5, 5.41) is 0. The Bertz CT molecular complexity index is 1170. The summed E-state index contributed by atoms with van der Waals surface area (Å²) in [4.78, 5) is 30.7. The minimum absolute atomic E-state index is 0.160. The summed E-state index contributed by atoms with van der Waals surface area (Å²) in [5.41, 5.74) is -2.64. The highest BCUT2D eigenvalue weighted by Crippen LogP contribution is 2.62. The van der Waals surface area contributed by atoms with Gasteiger partial charge in [0, 0.05) is 12.1 Å². The highest BCUT2D eigenvalue weighted by molar-refractivity contribution is 6.23. The fraction of sp³-hybridized carbons (Fsp3) is 0.375. The molecule has 32 heavy (non-hydrogen) atoms. The largest absolute Gasteiger partial charge is 0.407 e. The Hall–Kier alpha value is -3.18. The number of rotatable bonds is 3. The van der Waals surface area contributed by atoms with Gasteiger partial charge in [0.15, 0.2) is 5.69 Å². The molecule has 3 aliphatic rings. The number of benzene rings is 2. The second-order valence-corrected chi connectivity index (χ2v) is 8.92. The zero-order valence-corrected chi connectivity index (χ0v) is 17.1. The third-order valence-corrected chi connectivity index (χ3v) is 7.02. The van der Waals surface area contributed by atoms with E-state index in [-0.39, 0.29) is 5.69 Å². The lowest BCUT2D eigenvalue weighted by Crippen LogP contribution is -2.43. The number of hydrogen-bond donors (Lipinski definition) is 0. The number of fused-ring (bicyclic) bond motifs is 5. The molecule has 3 saturated heterocycles. The predicted octanol–water partition coefficient (Wildman–Crippen LogP) is 4.93. The summed E-state index contributed by atoms with van der Waals surface area (Å²) < 4.78 is 46.8. The summed E-state index contributed by atoms with van der Waals surface area (Å²) in [6.07, 6.45) is -3.14. The van der Waals surface area contributed by atoms with Crippen LogP contribution in [-0.2, 0) is 26.9 Å². The topological polar surface area (TPSA) is 51.0 Å². The monoisotopic (exact) mass is 440 g/mol. The number of imide groups is 1. The molecule has 3 aliphatic heterocycles. The van der Waals surface area contributed by atoms with E-state index in [4.69, 9.17) is 11.3 Å². The van der Waals surface area contributed by atoms with Gasteiger partial charge in [0.1, 0.15) is 0 Å². The number of anilines is 1. The smallest absolute Gasteiger partial charge is 0.367 e. The maximum Gasteiger partial charge on any atom is 0.407 e. The molecule has 2 bridgehead atoms. The first-order valence-corrected chi connectivity index (χ1v) is 10.3. The van der Waals surface area contributed by atoms with Crippen LogP contribution in [0.5, 0.6) is 0 Å². The van der Waals surface area contributed by atoms with E-state index in [2.05, 4.69) is 4.85 Å². The van der Waals surface area contributed by atoms with E-state index in [1.807, 2.05) is 37.3 Å². The van der Waals surface area contributed by atoms with Gasteiger partial charge in [0.25, 0.3) is 0 Å². The van der Waals surface area contributed by atoms with Crippen molar-refractivity contribution in [1.29, 1.82) is 0 Å². The molecule has 2 aromatic rings. The van der Waals surface area contributed by atoms with E-state index >= 15 is 0 Å². The van der Waals surface area contributed by atoms with Gasteiger partial charge in [-0.05, 0) is 37.5 Å². The summed E-state index contributed by atoms with van der Waals surface area (Å²) in [6, 6.07) is 12.5. The van der Waals surface area contributed by atoms with Crippen LogP contribution in [0.2, 0.25) is 0 Å². The van der Waals surface area contributed by atoms with E-state index in [0.717, 1.165) is 22.6 Å². The lowest BCUT2D eigenvalue weighted by molar-refractivity contribution is -0.137. The Balaban J connectivity index is 1.56. The van der Waals surface area contributed by atoms with E-state index in [0.29, 0.717) is 19.3 Å². The Labute approximate surface area is 182 Å². The molecular formula is C24H19F3N2O3. The van der Waals surface area contributed by atoms with Crippen molar-refractivity contribution in [1.82, 2.24) is 0 Å². The number of hydrogen-bond acceptors (Lipinski definition) is 3. The van der Waals surface area contributed by atoms with Crippen molar-refractivity contribution in [3.8, 4) is 0 Å². The zero-order chi connectivity index (χ0) is 22.9. The van der Waals surface area contributed by atoms with Gasteiger partial charge in [-0.1, -0.05) is 36.4 Å². The average molecular weight is 440 g/mol. The molecule has 0 saturated carbocycles. The molecule has 2 amide bonds. The molecule has 2 aromatic carbocycles. The van der Waals surface area contributed by atoms with Gasteiger partial charge in [-0.25, -0.2) is 9.74 Å². The number of carbonyl (C=O) groups excluding carboxylic acids is 2. The van der Waals surface area contributed by atoms with Crippen LogP contribution < -0.4 is 4.90 Å². The summed E-state index contributed by atoms with van der Waals surface area (Å²) in [7, 11) is 0. The highest BCUT2D eigenvalue weighted by Gasteiger charge is 2.73. The maximum absolute atomic E-state index is 13.5. The van der Waals surface area contributed by atoms with Crippen molar-refractivity contribution in [2.24, 2.45) is 11.8 Å². The summed E-state index contributed by atoms with van der Waals surface area (Å²) in [6.45, 7) is 8.81. The number of alkyl halides is 3. The van der Waals surface area contributed by atoms with Crippen LogP contribution in [0, 0.1) is 18.4 Å². The molecule has 3 fully saturated rings. The number of nitrogens with zero attached hydrogens (tertiary/aromatic N) is 2. The quantitative estimate of drug-likeness (QED) is 0.503. The molecule has 0 radical (unpaired) electrons. The van der Waals surface area contributed by atoms with Crippen LogP contribution in [0.4, 0.5) is 24.5 Å². The van der Waals surface area contributed by atoms with Crippen molar-refractivity contribution >= 4 is 23.2 Å². The van der Waals surface area contributed by atoms with Gasteiger partial charge in [-0.2, -0.15) is 13.2 Å². The minimum Gasteiger partial charge on any atom is -0.367 e. The SMILES string of the molecule is [C-]#[N+]c1ccc(N2C(=O)[C@@H]3[C@H](C2=O)C2(C)CCC3(Cc3ccccc3)O2)cc1C(F)(F)F. The lowest BCUT2D eigenvalue weighted by atomic mass is 9.66. The van der Waals surface area contributed by atoms with Crippen molar-refractivity contribution in [2.75, 3.05) is 4.90 Å². The standard InChI is InChI=1S/C24H19F3N2O3/c1-22-10-11-23(32-22,13-14-6-4-3-5-7-14)19-18(22)20(30)29(21(19)31)15-8-9-17(28-2)16(12-15)24(25,26)27/h3-9,12,18-19H,10-11,13H2,1H3/t18-,19+,22?,23?/m1/s1. The number of amides is 2. The minimum atomic E-state index is -4.78. The predicted molar refractivity (Wildman–Crippen MR) is 109 cm³/mol. The summed E-state index contributed by atoms with van der Waals surface area (Å²) in [5.74, 6) is -2.59. The van der Waals surface area contributed by atoms with E-state index < -0.39 is 52.3 Å². The van der Waals surface area contributed by atoms with Gasteiger partial charge in [-0.15, -0.1) is 0 Å².